The quantitative estimate of drug-likeness (QED) is 0.169. The van der Waals surface area contributed by atoms with Crippen LogP contribution in [0.2, 0.25) is 0 Å². The van der Waals surface area contributed by atoms with Crippen LogP contribution >= 0.6 is 34.0 Å². The number of fused-ring (bicyclic) bond motifs is 21. The van der Waals surface area contributed by atoms with E-state index in [0.29, 0.717) is 0 Å². The second kappa shape index (κ2) is 6.10. The largest absolute Gasteiger partial charge is 0.361 e. The summed E-state index contributed by atoms with van der Waals surface area (Å²) in [5.41, 5.74) is 3.71. The van der Waals surface area contributed by atoms with E-state index in [9.17, 15) is 0 Å². The summed E-state index contributed by atoms with van der Waals surface area (Å²) in [7, 11) is 0. The fourth-order valence-electron chi connectivity index (χ4n) is 6.82. The molecule has 10 aromatic rings. The number of hydrogen-bond acceptors (Lipinski definition) is 3. The van der Waals surface area contributed by atoms with Crippen molar-refractivity contribution in [1.29, 1.82) is 0 Å². The standard InChI is InChI=1S/C30H15N3S3/c1-4-31-28-13(1)22-25(16-7-34-10-19(16)28)23-14-2-6-33-30(14)21-12-36-9-18(21)27(23)24-15-3-5-32-29(15)20-11-35-8-17(20)26(22)24/h1-12,31-33H. The van der Waals surface area contributed by atoms with Crippen LogP contribution in [0.5, 0.6) is 0 Å². The van der Waals surface area contributed by atoms with Crippen molar-refractivity contribution in [1.82, 2.24) is 15.0 Å². The second-order valence-corrected chi connectivity index (χ2v) is 11.9. The number of rotatable bonds is 0. The van der Waals surface area contributed by atoms with Crippen molar-refractivity contribution < 1.29 is 0 Å². The van der Waals surface area contributed by atoms with Gasteiger partial charge in [0.1, 0.15) is 0 Å². The molecule has 36 heavy (non-hydrogen) atoms. The van der Waals surface area contributed by atoms with Crippen molar-refractivity contribution in [2.45, 2.75) is 0 Å². The van der Waals surface area contributed by atoms with Crippen LogP contribution in [0.1, 0.15) is 0 Å². The Balaban J connectivity index is 1.78. The van der Waals surface area contributed by atoms with E-state index < -0.39 is 0 Å². The predicted molar refractivity (Wildman–Crippen MR) is 161 cm³/mol. The minimum Gasteiger partial charge on any atom is -0.361 e. The maximum absolute atomic E-state index is 3.58. The summed E-state index contributed by atoms with van der Waals surface area (Å²) in [6.07, 6.45) is 6.31. The molecule has 0 bridgehead atoms. The Morgan fingerprint density at radius 3 is 0.944 bits per heavy atom. The smallest absolute Gasteiger partial charge is 0.0548 e. The summed E-state index contributed by atoms with van der Waals surface area (Å²) in [6.45, 7) is 0. The number of nitrogens with one attached hydrogen (secondary N) is 3. The molecular formula is C30H15N3S3. The van der Waals surface area contributed by atoms with Gasteiger partial charge in [-0.3, -0.25) is 0 Å². The molecule has 3 N–H and O–H groups in total. The number of thiophene rings is 3. The molecule has 168 valence electrons. The lowest BCUT2D eigenvalue weighted by Gasteiger charge is -2.17. The van der Waals surface area contributed by atoms with Gasteiger partial charge in [0.25, 0.3) is 0 Å². The van der Waals surface area contributed by atoms with Gasteiger partial charge in [-0.2, -0.15) is 34.0 Å². The molecule has 3 nitrogen and oxygen atoms in total. The SMILES string of the molecule is c1cc2c([nH]1)c1cscc1c1c2c2c3cscc3c3[nH]ccc3c2c2c3cscc3c3[nH]ccc3c12. The molecule has 0 aliphatic heterocycles. The van der Waals surface area contributed by atoms with Crippen molar-refractivity contribution in [3.05, 3.63) is 69.1 Å². The minimum absolute atomic E-state index is 1.24. The lowest BCUT2D eigenvalue weighted by Crippen LogP contribution is -1.89. The predicted octanol–water partition coefficient (Wildman–Crippen LogP) is 10.2. The third-order valence-electron chi connectivity index (χ3n) is 8.15. The Labute approximate surface area is 214 Å². The highest BCUT2D eigenvalue weighted by molar-refractivity contribution is 7.10. The van der Waals surface area contributed by atoms with Gasteiger partial charge in [0.15, 0.2) is 0 Å². The molecule has 6 aromatic heterocycles. The van der Waals surface area contributed by atoms with Gasteiger partial charge in [-0.1, -0.05) is 0 Å². The third kappa shape index (κ3) is 1.90. The van der Waals surface area contributed by atoms with Gasteiger partial charge in [-0.25, -0.2) is 0 Å². The monoisotopic (exact) mass is 513 g/mol. The number of aromatic amines is 3. The molecule has 0 aliphatic rings. The van der Waals surface area contributed by atoms with Gasteiger partial charge in [0, 0.05) is 116 Å². The van der Waals surface area contributed by atoms with Crippen molar-refractivity contribution in [2.24, 2.45) is 0 Å². The van der Waals surface area contributed by atoms with Gasteiger partial charge in [-0.05, 0) is 34.3 Å². The van der Waals surface area contributed by atoms with Gasteiger partial charge in [-0.15, -0.1) is 0 Å². The van der Waals surface area contributed by atoms with E-state index in [0.717, 1.165) is 0 Å². The normalized spacial score (nSPS) is 13.0. The average molecular weight is 514 g/mol. The van der Waals surface area contributed by atoms with Crippen molar-refractivity contribution in [3.8, 4) is 0 Å². The average Bonchev–Trinajstić information content (AvgIpc) is 3.73. The Hall–Kier alpha value is -3.84. The lowest BCUT2D eigenvalue weighted by molar-refractivity contribution is 1.49. The van der Waals surface area contributed by atoms with Gasteiger partial charge >= 0.3 is 0 Å². The highest BCUT2D eigenvalue weighted by Crippen LogP contribution is 2.52. The van der Waals surface area contributed by atoms with Crippen LogP contribution in [0.4, 0.5) is 0 Å². The number of H-pyrrole nitrogens is 3. The summed E-state index contributed by atoms with van der Waals surface area (Å²) >= 11 is 5.38. The summed E-state index contributed by atoms with van der Waals surface area (Å²) in [5.74, 6) is 0. The zero-order chi connectivity index (χ0) is 23.1. The lowest BCUT2D eigenvalue weighted by atomic mass is 9.85. The Morgan fingerprint density at radius 1 is 0.333 bits per heavy atom. The van der Waals surface area contributed by atoms with Crippen molar-refractivity contribution in [3.63, 3.8) is 0 Å². The second-order valence-electron chi connectivity index (χ2n) is 9.65. The molecule has 0 amide bonds. The summed E-state index contributed by atoms with van der Waals surface area (Å²) in [6, 6.07) is 6.82. The summed E-state index contributed by atoms with van der Waals surface area (Å²) in [5, 5.41) is 34.0. The zero-order valence-corrected chi connectivity index (χ0v) is 21.1. The van der Waals surface area contributed by atoms with Gasteiger partial charge in [0.05, 0.1) is 16.6 Å². The molecule has 0 spiro atoms. The Morgan fingerprint density at radius 2 is 0.611 bits per heavy atom. The number of hydrogen-bond donors (Lipinski definition) is 3. The molecule has 10 rings (SSSR count). The number of benzene rings is 4. The van der Waals surface area contributed by atoms with Crippen molar-refractivity contribution in [2.75, 3.05) is 0 Å². The van der Waals surface area contributed by atoms with Crippen LogP contribution in [-0.2, 0) is 0 Å². The van der Waals surface area contributed by atoms with E-state index in [1.807, 2.05) is 0 Å². The highest BCUT2D eigenvalue weighted by atomic mass is 32.1. The molecule has 4 aromatic carbocycles. The molecular weight excluding hydrogens is 499 g/mol. The molecule has 0 aliphatic carbocycles. The first kappa shape index (κ1) is 18.4. The molecule has 0 saturated heterocycles. The van der Waals surface area contributed by atoms with Crippen LogP contribution in [0.25, 0.3) is 97.3 Å². The molecule has 0 atom stereocenters. The molecule has 0 fully saturated rings. The Kier molecular flexibility index (Phi) is 3.12. The first-order chi connectivity index (χ1) is 17.9. The van der Waals surface area contributed by atoms with E-state index >= 15 is 0 Å². The zero-order valence-electron chi connectivity index (χ0n) is 18.7. The third-order valence-corrected chi connectivity index (χ3v) is 10.4. The fourth-order valence-corrected chi connectivity index (χ4v) is 9.31. The maximum atomic E-state index is 3.58. The minimum atomic E-state index is 1.24. The van der Waals surface area contributed by atoms with Crippen LogP contribution in [0.15, 0.2) is 69.1 Å². The topological polar surface area (TPSA) is 47.4 Å². The van der Waals surface area contributed by atoms with Crippen LogP contribution in [0.3, 0.4) is 0 Å². The number of aromatic nitrogens is 3. The van der Waals surface area contributed by atoms with Gasteiger partial charge < -0.3 is 15.0 Å². The van der Waals surface area contributed by atoms with E-state index in [1.54, 1.807) is 34.0 Å². The highest BCUT2D eigenvalue weighted by Gasteiger charge is 2.24. The first-order valence-electron chi connectivity index (χ1n) is 11.9. The molecule has 6 heterocycles. The van der Waals surface area contributed by atoms with Crippen LogP contribution < -0.4 is 0 Å². The van der Waals surface area contributed by atoms with Crippen molar-refractivity contribution >= 4 is 131 Å². The molecule has 0 radical (unpaired) electrons. The van der Waals surface area contributed by atoms with Crippen LogP contribution in [0, 0.1) is 0 Å². The fraction of sp³-hybridized carbons (Fsp3) is 0. The van der Waals surface area contributed by atoms with E-state index in [1.165, 1.54) is 97.3 Å². The van der Waals surface area contributed by atoms with Crippen LogP contribution in [-0.4, -0.2) is 15.0 Å². The Bertz CT molecular complexity index is 2050. The molecule has 6 heteroatoms. The van der Waals surface area contributed by atoms with E-state index in [4.69, 9.17) is 0 Å². The summed E-state index contributed by atoms with van der Waals surface area (Å²) in [4.78, 5) is 10.8. The maximum Gasteiger partial charge on any atom is 0.0548 e. The summed E-state index contributed by atoms with van der Waals surface area (Å²) < 4.78 is 0. The van der Waals surface area contributed by atoms with E-state index in [-0.39, 0.29) is 0 Å². The van der Waals surface area contributed by atoms with E-state index in [2.05, 4.69) is 84.0 Å². The van der Waals surface area contributed by atoms with Gasteiger partial charge in [0.2, 0.25) is 0 Å². The molecule has 0 saturated carbocycles. The first-order valence-corrected chi connectivity index (χ1v) is 14.7. The molecule has 0 unspecified atom stereocenters.